The average Bonchev–Trinajstić information content (AvgIpc) is 2.83. The third kappa shape index (κ3) is 2.99. The summed E-state index contributed by atoms with van der Waals surface area (Å²) in [6.45, 7) is 2.76. The van der Waals surface area contributed by atoms with Crippen molar-refractivity contribution >= 4 is 5.78 Å². The summed E-state index contributed by atoms with van der Waals surface area (Å²) in [6.07, 6.45) is 6.20. The first-order valence-electron chi connectivity index (χ1n) is 6.28. The molecular formula is C14H17N3O2. The van der Waals surface area contributed by atoms with E-state index in [-0.39, 0.29) is 5.78 Å². The molecule has 0 aliphatic rings. The maximum absolute atomic E-state index is 12.4. The number of hydrogen-bond donors (Lipinski definition) is 0. The van der Waals surface area contributed by atoms with E-state index in [1.54, 1.807) is 30.4 Å². The van der Waals surface area contributed by atoms with Crippen LogP contribution in [0.4, 0.5) is 0 Å². The van der Waals surface area contributed by atoms with Crippen molar-refractivity contribution in [1.82, 2.24) is 14.8 Å². The third-order valence-electron chi connectivity index (χ3n) is 2.84. The van der Waals surface area contributed by atoms with Crippen molar-refractivity contribution in [2.75, 3.05) is 7.11 Å². The first-order chi connectivity index (χ1) is 9.26. The van der Waals surface area contributed by atoms with E-state index in [0.29, 0.717) is 24.4 Å². The minimum Gasteiger partial charge on any atom is -0.493 e. The molecule has 0 amide bonds. The molecule has 0 fully saturated rings. The van der Waals surface area contributed by atoms with Gasteiger partial charge in [-0.05, 0) is 24.1 Å². The maximum atomic E-state index is 12.4. The molecule has 2 aromatic rings. The van der Waals surface area contributed by atoms with E-state index in [9.17, 15) is 4.79 Å². The van der Waals surface area contributed by atoms with Crippen LogP contribution in [-0.2, 0) is 13.0 Å². The molecule has 5 nitrogen and oxygen atoms in total. The van der Waals surface area contributed by atoms with Gasteiger partial charge in [0.1, 0.15) is 5.69 Å². The second kappa shape index (κ2) is 6.13. The Labute approximate surface area is 112 Å². The monoisotopic (exact) mass is 259 g/mol. The highest BCUT2D eigenvalue weighted by Gasteiger charge is 2.19. The fourth-order valence-electron chi connectivity index (χ4n) is 1.95. The van der Waals surface area contributed by atoms with Crippen LogP contribution in [0.15, 0.2) is 30.7 Å². The van der Waals surface area contributed by atoms with E-state index in [2.05, 4.69) is 10.1 Å². The van der Waals surface area contributed by atoms with Crippen LogP contribution in [0.5, 0.6) is 5.75 Å². The summed E-state index contributed by atoms with van der Waals surface area (Å²) < 4.78 is 6.93. The standard InChI is InChI=1S/C14H17N3O2/c1-3-8-17-14(13(19-2)10-16-17)12(18)9-11-4-6-15-7-5-11/h4-7,10H,3,8-9H2,1-2H3. The quantitative estimate of drug-likeness (QED) is 0.746. The van der Waals surface area contributed by atoms with E-state index >= 15 is 0 Å². The lowest BCUT2D eigenvalue weighted by atomic mass is 10.1. The molecule has 0 bridgehead atoms. The van der Waals surface area contributed by atoms with Crippen LogP contribution in [-0.4, -0.2) is 27.7 Å². The molecule has 2 aromatic heterocycles. The Bertz CT molecular complexity index is 549. The molecule has 2 rings (SSSR count). The Morgan fingerprint density at radius 3 is 2.74 bits per heavy atom. The Balaban J connectivity index is 2.25. The summed E-state index contributed by atoms with van der Waals surface area (Å²) in [4.78, 5) is 16.3. The van der Waals surface area contributed by atoms with Gasteiger partial charge in [-0.25, -0.2) is 0 Å². The first-order valence-corrected chi connectivity index (χ1v) is 6.28. The Morgan fingerprint density at radius 1 is 1.37 bits per heavy atom. The molecule has 100 valence electrons. The third-order valence-corrected chi connectivity index (χ3v) is 2.84. The summed E-state index contributed by atoms with van der Waals surface area (Å²) in [5, 5.41) is 4.20. The van der Waals surface area contributed by atoms with Gasteiger partial charge in [0.25, 0.3) is 0 Å². The molecule has 0 saturated carbocycles. The second-order valence-electron chi connectivity index (χ2n) is 4.24. The van der Waals surface area contributed by atoms with Crippen molar-refractivity contribution in [3.8, 4) is 5.75 Å². The van der Waals surface area contributed by atoms with Gasteiger partial charge in [0.2, 0.25) is 0 Å². The van der Waals surface area contributed by atoms with Gasteiger partial charge in [-0.3, -0.25) is 14.5 Å². The number of aryl methyl sites for hydroxylation is 1. The topological polar surface area (TPSA) is 57.0 Å². The summed E-state index contributed by atoms with van der Waals surface area (Å²) in [5.74, 6) is 0.543. The molecule has 2 heterocycles. The molecule has 0 spiro atoms. The lowest BCUT2D eigenvalue weighted by molar-refractivity contribution is 0.0979. The van der Waals surface area contributed by atoms with Crippen molar-refractivity contribution in [3.05, 3.63) is 42.0 Å². The van der Waals surface area contributed by atoms with Crippen molar-refractivity contribution in [3.63, 3.8) is 0 Å². The number of ether oxygens (including phenoxy) is 1. The summed E-state index contributed by atoms with van der Waals surface area (Å²) >= 11 is 0. The van der Waals surface area contributed by atoms with Crippen molar-refractivity contribution in [2.24, 2.45) is 0 Å². The minimum absolute atomic E-state index is 0.00833. The molecule has 5 heteroatoms. The van der Waals surface area contributed by atoms with E-state index < -0.39 is 0 Å². The predicted octanol–water partition coefficient (Wildman–Crippen LogP) is 2.12. The van der Waals surface area contributed by atoms with Gasteiger partial charge in [0.05, 0.1) is 13.3 Å². The molecule has 0 unspecified atom stereocenters. The number of ketones is 1. The van der Waals surface area contributed by atoms with Gasteiger partial charge < -0.3 is 4.74 Å². The number of pyridine rings is 1. The van der Waals surface area contributed by atoms with Gasteiger partial charge >= 0.3 is 0 Å². The highest BCUT2D eigenvalue weighted by Crippen LogP contribution is 2.20. The van der Waals surface area contributed by atoms with Crippen LogP contribution >= 0.6 is 0 Å². The zero-order valence-electron chi connectivity index (χ0n) is 11.2. The second-order valence-corrected chi connectivity index (χ2v) is 4.24. The number of methoxy groups -OCH3 is 1. The number of carbonyl (C=O) groups excluding carboxylic acids is 1. The van der Waals surface area contributed by atoms with E-state index in [1.165, 1.54) is 0 Å². The van der Waals surface area contributed by atoms with Crippen LogP contribution < -0.4 is 4.74 Å². The fraction of sp³-hybridized carbons (Fsp3) is 0.357. The number of Topliss-reactive ketones (excluding diaryl/α,β-unsaturated/α-hetero) is 1. The van der Waals surface area contributed by atoms with Crippen molar-refractivity contribution < 1.29 is 9.53 Å². The lowest BCUT2D eigenvalue weighted by Crippen LogP contribution is -2.13. The van der Waals surface area contributed by atoms with E-state index in [4.69, 9.17) is 4.74 Å². The zero-order chi connectivity index (χ0) is 13.7. The van der Waals surface area contributed by atoms with Gasteiger partial charge in [-0.2, -0.15) is 5.10 Å². The Kier molecular flexibility index (Phi) is 4.28. The fourth-order valence-corrected chi connectivity index (χ4v) is 1.95. The lowest BCUT2D eigenvalue weighted by Gasteiger charge is -2.07. The van der Waals surface area contributed by atoms with Crippen LogP contribution in [0.25, 0.3) is 0 Å². The summed E-state index contributed by atoms with van der Waals surface area (Å²) in [5.41, 5.74) is 1.48. The van der Waals surface area contributed by atoms with Gasteiger partial charge in [0, 0.05) is 25.4 Å². The number of rotatable bonds is 6. The van der Waals surface area contributed by atoms with Crippen LogP contribution in [0.3, 0.4) is 0 Å². The molecule has 0 aromatic carbocycles. The van der Waals surface area contributed by atoms with Crippen LogP contribution in [0, 0.1) is 0 Å². The Hall–Kier alpha value is -2.17. The average molecular weight is 259 g/mol. The normalized spacial score (nSPS) is 10.4. The van der Waals surface area contributed by atoms with Crippen LogP contribution in [0.2, 0.25) is 0 Å². The maximum Gasteiger partial charge on any atom is 0.189 e. The number of aromatic nitrogens is 3. The van der Waals surface area contributed by atoms with Gasteiger partial charge in [-0.15, -0.1) is 0 Å². The molecule has 19 heavy (non-hydrogen) atoms. The number of nitrogens with zero attached hydrogens (tertiary/aromatic N) is 3. The highest BCUT2D eigenvalue weighted by molar-refractivity contribution is 5.98. The molecular weight excluding hydrogens is 242 g/mol. The first kappa shape index (κ1) is 13.3. The molecule has 0 radical (unpaired) electrons. The summed E-state index contributed by atoms with van der Waals surface area (Å²) in [6, 6.07) is 3.68. The van der Waals surface area contributed by atoms with Crippen molar-refractivity contribution in [2.45, 2.75) is 26.3 Å². The van der Waals surface area contributed by atoms with Crippen LogP contribution in [0.1, 0.15) is 29.4 Å². The minimum atomic E-state index is 0.00833. The number of hydrogen-bond acceptors (Lipinski definition) is 4. The zero-order valence-corrected chi connectivity index (χ0v) is 11.2. The smallest absolute Gasteiger partial charge is 0.189 e. The van der Waals surface area contributed by atoms with E-state index in [0.717, 1.165) is 12.0 Å². The SMILES string of the molecule is CCCn1ncc(OC)c1C(=O)Cc1ccncc1. The molecule has 0 saturated heterocycles. The molecule has 0 aliphatic carbocycles. The molecule has 0 atom stereocenters. The van der Waals surface area contributed by atoms with Gasteiger partial charge in [-0.1, -0.05) is 6.92 Å². The number of carbonyl (C=O) groups is 1. The van der Waals surface area contributed by atoms with Gasteiger partial charge in [0.15, 0.2) is 11.5 Å². The molecule has 0 aliphatic heterocycles. The van der Waals surface area contributed by atoms with Crippen molar-refractivity contribution in [1.29, 1.82) is 0 Å². The largest absolute Gasteiger partial charge is 0.493 e. The highest BCUT2D eigenvalue weighted by atomic mass is 16.5. The predicted molar refractivity (Wildman–Crippen MR) is 71.3 cm³/mol. The summed E-state index contributed by atoms with van der Waals surface area (Å²) in [7, 11) is 1.55. The molecule has 0 N–H and O–H groups in total. The van der Waals surface area contributed by atoms with E-state index in [1.807, 2.05) is 19.1 Å². The Morgan fingerprint density at radius 2 is 2.11 bits per heavy atom.